The number of halogens is 4. The van der Waals surface area contributed by atoms with Gasteiger partial charge >= 0.3 is 6.18 Å². The van der Waals surface area contributed by atoms with E-state index in [-0.39, 0.29) is 12.3 Å². The summed E-state index contributed by atoms with van der Waals surface area (Å²) < 4.78 is 37.9. The summed E-state index contributed by atoms with van der Waals surface area (Å²) >= 11 is 7.22. The summed E-state index contributed by atoms with van der Waals surface area (Å²) in [6, 6.07) is 12.3. The van der Waals surface area contributed by atoms with Gasteiger partial charge in [0.25, 0.3) is 0 Å². The highest BCUT2D eigenvalue weighted by molar-refractivity contribution is 7.13. The summed E-state index contributed by atoms with van der Waals surface area (Å²) in [6.07, 6.45) is -3.58. The van der Waals surface area contributed by atoms with E-state index in [1.807, 2.05) is 18.2 Å². The lowest BCUT2D eigenvalue weighted by molar-refractivity contribution is -0.137. The van der Waals surface area contributed by atoms with E-state index in [4.69, 9.17) is 11.6 Å². The molecule has 0 unspecified atom stereocenters. The Bertz CT molecular complexity index is 955. The number of benzene rings is 2. The molecule has 28 heavy (non-hydrogen) atoms. The summed E-state index contributed by atoms with van der Waals surface area (Å²) in [7, 11) is 0. The van der Waals surface area contributed by atoms with Gasteiger partial charge in [0.1, 0.15) is 5.01 Å². The molecule has 1 heterocycles. The second-order valence-corrected chi connectivity index (χ2v) is 7.42. The van der Waals surface area contributed by atoms with Crippen molar-refractivity contribution in [2.75, 3.05) is 6.54 Å². The lowest BCUT2D eigenvalue weighted by Crippen LogP contribution is -2.27. The zero-order valence-corrected chi connectivity index (χ0v) is 16.2. The van der Waals surface area contributed by atoms with Crippen LogP contribution in [0, 0.1) is 0 Å². The summed E-state index contributed by atoms with van der Waals surface area (Å²) in [5.74, 6) is -0.161. The SMILES string of the molecule is O=C(Cc1csc(-c2ccc(C(F)(F)F)cc2)n1)NCCc1cccc(Cl)c1. The van der Waals surface area contributed by atoms with Gasteiger partial charge in [0.05, 0.1) is 17.7 Å². The van der Waals surface area contributed by atoms with Crippen molar-refractivity contribution in [1.29, 1.82) is 0 Å². The predicted octanol–water partition coefficient (Wildman–Crippen LogP) is 5.38. The van der Waals surface area contributed by atoms with Crippen LogP contribution in [-0.4, -0.2) is 17.4 Å². The van der Waals surface area contributed by atoms with Gasteiger partial charge in [0, 0.05) is 22.5 Å². The van der Waals surface area contributed by atoms with E-state index in [1.165, 1.54) is 23.5 Å². The monoisotopic (exact) mass is 424 g/mol. The molecule has 0 radical (unpaired) electrons. The van der Waals surface area contributed by atoms with Crippen LogP contribution in [0.25, 0.3) is 10.6 Å². The third-order valence-corrected chi connectivity index (χ3v) is 5.15. The molecule has 3 nitrogen and oxygen atoms in total. The maximum Gasteiger partial charge on any atom is 0.416 e. The fraction of sp³-hybridized carbons (Fsp3) is 0.200. The summed E-state index contributed by atoms with van der Waals surface area (Å²) in [5.41, 5.74) is 1.50. The highest BCUT2D eigenvalue weighted by Crippen LogP contribution is 2.31. The van der Waals surface area contributed by atoms with Gasteiger partial charge in [0.15, 0.2) is 0 Å². The molecule has 1 aromatic heterocycles. The number of alkyl halides is 3. The standard InChI is InChI=1S/C20H16ClF3N2OS/c21-16-3-1-2-13(10-16)8-9-25-18(27)11-17-12-28-19(26-17)14-4-6-15(7-5-14)20(22,23)24/h1-7,10,12H,8-9,11H2,(H,25,27). The van der Waals surface area contributed by atoms with Crippen molar-refractivity contribution in [3.63, 3.8) is 0 Å². The zero-order chi connectivity index (χ0) is 20.1. The Morgan fingerprint density at radius 3 is 2.57 bits per heavy atom. The third kappa shape index (κ3) is 5.56. The van der Waals surface area contributed by atoms with Crippen molar-refractivity contribution in [3.8, 4) is 10.6 Å². The van der Waals surface area contributed by atoms with Crippen molar-refractivity contribution >= 4 is 28.8 Å². The summed E-state index contributed by atoms with van der Waals surface area (Å²) in [6.45, 7) is 0.481. The first-order chi connectivity index (χ1) is 13.3. The number of nitrogens with one attached hydrogen (secondary N) is 1. The number of thiazole rings is 1. The smallest absolute Gasteiger partial charge is 0.355 e. The van der Waals surface area contributed by atoms with Crippen LogP contribution < -0.4 is 5.32 Å². The molecule has 1 amide bonds. The third-order valence-electron chi connectivity index (χ3n) is 3.98. The maximum absolute atomic E-state index is 12.6. The molecular formula is C20H16ClF3N2OS. The Morgan fingerprint density at radius 2 is 1.89 bits per heavy atom. The molecular weight excluding hydrogens is 409 g/mol. The molecule has 8 heteroatoms. The summed E-state index contributed by atoms with van der Waals surface area (Å²) in [5, 5.41) is 5.80. The molecule has 0 aliphatic carbocycles. The lowest BCUT2D eigenvalue weighted by atomic mass is 10.1. The van der Waals surface area contributed by atoms with E-state index in [1.54, 1.807) is 11.4 Å². The van der Waals surface area contributed by atoms with E-state index < -0.39 is 11.7 Å². The van der Waals surface area contributed by atoms with Gasteiger partial charge in [0.2, 0.25) is 5.91 Å². The molecule has 0 saturated carbocycles. The minimum Gasteiger partial charge on any atom is -0.355 e. The van der Waals surface area contributed by atoms with Gasteiger partial charge < -0.3 is 5.32 Å². The highest BCUT2D eigenvalue weighted by Gasteiger charge is 2.30. The molecule has 3 rings (SSSR count). The topological polar surface area (TPSA) is 42.0 Å². The number of hydrogen-bond donors (Lipinski definition) is 1. The van der Waals surface area contributed by atoms with Crippen LogP contribution in [0.3, 0.4) is 0 Å². The van der Waals surface area contributed by atoms with Crippen molar-refractivity contribution in [3.05, 3.63) is 75.8 Å². The van der Waals surface area contributed by atoms with Crippen LogP contribution in [0.2, 0.25) is 5.02 Å². The Hall–Kier alpha value is -2.38. The fourth-order valence-electron chi connectivity index (χ4n) is 2.59. The van der Waals surface area contributed by atoms with Gasteiger partial charge in [-0.05, 0) is 36.2 Å². The van der Waals surface area contributed by atoms with E-state index in [2.05, 4.69) is 10.3 Å². The van der Waals surface area contributed by atoms with Gasteiger partial charge in [-0.3, -0.25) is 4.79 Å². The molecule has 3 aromatic rings. The normalized spacial score (nSPS) is 11.4. The molecule has 0 saturated heterocycles. The van der Waals surface area contributed by atoms with Crippen molar-refractivity contribution in [2.24, 2.45) is 0 Å². The van der Waals surface area contributed by atoms with Crippen LogP contribution in [0.1, 0.15) is 16.8 Å². The first-order valence-electron chi connectivity index (χ1n) is 8.44. The first kappa shape index (κ1) is 20.4. The Balaban J connectivity index is 1.53. The van der Waals surface area contributed by atoms with E-state index >= 15 is 0 Å². The molecule has 0 bridgehead atoms. The Kier molecular flexibility index (Phi) is 6.36. The molecule has 1 N–H and O–H groups in total. The second kappa shape index (κ2) is 8.75. The fourth-order valence-corrected chi connectivity index (χ4v) is 3.63. The first-order valence-corrected chi connectivity index (χ1v) is 9.70. The van der Waals surface area contributed by atoms with Crippen molar-refractivity contribution < 1.29 is 18.0 Å². The van der Waals surface area contributed by atoms with E-state index in [0.29, 0.717) is 34.3 Å². The molecule has 146 valence electrons. The predicted molar refractivity (Wildman–Crippen MR) is 104 cm³/mol. The number of aromatic nitrogens is 1. The largest absolute Gasteiger partial charge is 0.416 e. The maximum atomic E-state index is 12.6. The number of amides is 1. The Morgan fingerprint density at radius 1 is 1.14 bits per heavy atom. The van der Waals surface area contributed by atoms with Crippen molar-refractivity contribution in [1.82, 2.24) is 10.3 Å². The molecule has 0 aliphatic heterocycles. The van der Waals surface area contributed by atoms with Crippen LogP contribution in [0.15, 0.2) is 53.9 Å². The van der Waals surface area contributed by atoms with Crippen LogP contribution in [-0.2, 0) is 23.8 Å². The van der Waals surface area contributed by atoms with Crippen LogP contribution in [0.4, 0.5) is 13.2 Å². The molecule has 0 spiro atoms. The number of carbonyl (C=O) groups is 1. The number of hydrogen-bond acceptors (Lipinski definition) is 3. The molecule has 2 aromatic carbocycles. The second-order valence-electron chi connectivity index (χ2n) is 6.13. The van der Waals surface area contributed by atoms with Gasteiger partial charge in [-0.2, -0.15) is 13.2 Å². The lowest BCUT2D eigenvalue weighted by Gasteiger charge is -2.06. The van der Waals surface area contributed by atoms with Crippen LogP contribution in [0.5, 0.6) is 0 Å². The highest BCUT2D eigenvalue weighted by atomic mass is 35.5. The van der Waals surface area contributed by atoms with Crippen LogP contribution >= 0.6 is 22.9 Å². The van der Waals surface area contributed by atoms with Gasteiger partial charge in [-0.15, -0.1) is 11.3 Å². The number of carbonyl (C=O) groups excluding carboxylic acids is 1. The minimum atomic E-state index is -4.37. The average molecular weight is 425 g/mol. The molecule has 0 aliphatic rings. The number of nitrogens with zero attached hydrogens (tertiary/aromatic N) is 1. The van der Waals surface area contributed by atoms with E-state index in [9.17, 15) is 18.0 Å². The van der Waals surface area contributed by atoms with E-state index in [0.717, 1.165) is 17.7 Å². The quantitative estimate of drug-likeness (QED) is 0.577. The number of rotatable bonds is 6. The van der Waals surface area contributed by atoms with Crippen molar-refractivity contribution in [2.45, 2.75) is 19.0 Å². The summed E-state index contributed by atoms with van der Waals surface area (Å²) in [4.78, 5) is 16.4. The Labute approximate surface area is 169 Å². The van der Waals surface area contributed by atoms with Gasteiger partial charge in [-0.25, -0.2) is 4.98 Å². The van der Waals surface area contributed by atoms with Gasteiger partial charge in [-0.1, -0.05) is 35.9 Å². The zero-order valence-electron chi connectivity index (χ0n) is 14.6. The molecule has 0 atom stereocenters. The minimum absolute atomic E-state index is 0.118. The molecule has 0 fully saturated rings. The average Bonchev–Trinajstić information content (AvgIpc) is 3.09.